The van der Waals surface area contributed by atoms with Crippen molar-refractivity contribution in [3.05, 3.63) is 59.6 Å². The maximum absolute atomic E-state index is 14.9. The summed E-state index contributed by atoms with van der Waals surface area (Å²) in [4.78, 5) is 31.2. The quantitative estimate of drug-likeness (QED) is 0.287. The number of ether oxygens (including phenoxy) is 1. The molecule has 0 spiro atoms. The van der Waals surface area contributed by atoms with Gasteiger partial charge >= 0.3 is 6.01 Å². The Morgan fingerprint density at radius 1 is 1.22 bits per heavy atom. The van der Waals surface area contributed by atoms with E-state index in [1.54, 1.807) is 18.2 Å². The van der Waals surface area contributed by atoms with E-state index in [1.807, 2.05) is 11.9 Å². The van der Waals surface area contributed by atoms with Gasteiger partial charge in [-0.3, -0.25) is 9.69 Å². The second-order valence-electron chi connectivity index (χ2n) is 13.2. The number of aromatic hydroxyl groups is 1. The van der Waals surface area contributed by atoms with Crippen molar-refractivity contribution >= 4 is 28.2 Å². The van der Waals surface area contributed by atoms with E-state index in [2.05, 4.69) is 27.2 Å². The van der Waals surface area contributed by atoms with Gasteiger partial charge in [-0.2, -0.15) is 9.97 Å². The summed E-state index contributed by atoms with van der Waals surface area (Å²) in [7, 11) is 2.02. The van der Waals surface area contributed by atoms with E-state index in [-0.39, 0.29) is 28.8 Å². The van der Waals surface area contributed by atoms with Crippen molar-refractivity contribution in [2.75, 3.05) is 56.2 Å². The Morgan fingerprint density at radius 2 is 2.02 bits per heavy atom. The van der Waals surface area contributed by atoms with Crippen LogP contribution in [0.5, 0.6) is 11.8 Å². The van der Waals surface area contributed by atoms with E-state index in [0.717, 1.165) is 62.4 Å². The lowest BCUT2D eigenvalue weighted by Crippen LogP contribution is -2.44. The predicted molar refractivity (Wildman–Crippen MR) is 177 cm³/mol. The maximum Gasteiger partial charge on any atom is 0.318 e. The average Bonchev–Trinajstić information content (AvgIpc) is 3.79. The van der Waals surface area contributed by atoms with Crippen molar-refractivity contribution < 1.29 is 19.0 Å². The number of phenolic OH excluding ortho intramolecular Hbond substituents is 1. The maximum atomic E-state index is 14.9. The number of likely N-dealkylation sites (N-methyl/N-ethyl adjacent to an activating group) is 1. The molecular weight excluding hydrogens is 583 g/mol. The van der Waals surface area contributed by atoms with Crippen molar-refractivity contribution in [3.8, 4) is 24.1 Å². The van der Waals surface area contributed by atoms with E-state index in [0.29, 0.717) is 55.1 Å². The van der Waals surface area contributed by atoms with Crippen LogP contribution in [0.15, 0.2) is 36.9 Å². The number of amides is 1. The van der Waals surface area contributed by atoms with Gasteiger partial charge in [0, 0.05) is 55.4 Å². The van der Waals surface area contributed by atoms with Gasteiger partial charge < -0.3 is 24.5 Å². The number of carbonyl (C=O) groups is 1. The summed E-state index contributed by atoms with van der Waals surface area (Å²) >= 11 is 0. The average molecular weight is 625 g/mol. The first-order valence-corrected chi connectivity index (χ1v) is 16.4. The third-order valence-electron chi connectivity index (χ3n) is 10.5. The topological polar surface area (TPSA) is 85.3 Å². The normalized spacial score (nSPS) is 20.4. The van der Waals surface area contributed by atoms with Crippen LogP contribution in [0.3, 0.4) is 0 Å². The fourth-order valence-corrected chi connectivity index (χ4v) is 8.26. The lowest BCUT2D eigenvalue weighted by atomic mass is 9.95. The Morgan fingerprint density at radius 3 is 2.78 bits per heavy atom. The number of likely N-dealkylation sites (tertiary alicyclic amines) is 1. The van der Waals surface area contributed by atoms with Crippen LogP contribution in [0.4, 0.5) is 15.9 Å². The van der Waals surface area contributed by atoms with Gasteiger partial charge in [-0.15, -0.1) is 6.42 Å². The third kappa shape index (κ3) is 5.30. The molecular formula is C36H41FN6O3. The largest absolute Gasteiger partial charge is 0.508 e. The summed E-state index contributed by atoms with van der Waals surface area (Å²) in [5.74, 6) is 2.91. The number of aromatic nitrogens is 2. The minimum Gasteiger partial charge on any atom is -0.508 e. The molecule has 4 aliphatic heterocycles. The van der Waals surface area contributed by atoms with Crippen LogP contribution in [-0.4, -0.2) is 88.7 Å². The lowest BCUT2D eigenvalue weighted by molar-refractivity contribution is -0.126. The number of rotatable bonds is 8. The smallest absolute Gasteiger partial charge is 0.318 e. The number of hydrogen-bond donors (Lipinski definition) is 1. The van der Waals surface area contributed by atoms with Crippen molar-refractivity contribution in [1.29, 1.82) is 0 Å². The number of halogens is 1. The second-order valence-corrected chi connectivity index (χ2v) is 13.2. The van der Waals surface area contributed by atoms with Crippen LogP contribution < -0.4 is 14.5 Å². The molecule has 1 N–H and O–H groups in total. The van der Waals surface area contributed by atoms with E-state index in [9.17, 15) is 14.3 Å². The van der Waals surface area contributed by atoms with Crippen molar-refractivity contribution in [2.24, 2.45) is 0 Å². The molecule has 5 heterocycles. The van der Waals surface area contributed by atoms with Gasteiger partial charge in [0.15, 0.2) is 0 Å². The molecule has 1 aromatic heterocycles. The van der Waals surface area contributed by atoms with Crippen LogP contribution in [0.25, 0.3) is 10.8 Å². The lowest BCUT2D eigenvalue weighted by Gasteiger charge is -2.35. The molecule has 1 atom stereocenters. The highest BCUT2D eigenvalue weighted by Gasteiger charge is 2.45. The number of terminal acetylenes is 1. The first-order chi connectivity index (χ1) is 22.3. The SMILES string of the molecule is C#Cc1c(F)ccc2cc(O)cc(N3CCc4c(nc(OCC56CCCN5CCC6)nc4N(C)C[C@@H]4CCCN4C(=O)C=C)C3)c12. The molecule has 0 aliphatic carbocycles. The van der Waals surface area contributed by atoms with Gasteiger partial charge in [-0.05, 0) is 81.6 Å². The molecule has 46 heavy (non-hydrogen) atoms. The Kier molecular flexibility index (Phi) is 7.97. The highest BCUT2D eigenvalue weighted by molar-refractivity contribution is 6.00. The van der Waals surface area contributed by atoms with Gasteiger partial charge in [-0.25, -0.2) is 4.39 Å². The highest BCUT2D eigenvalue weighted by Crippen LogP contribution is 2.41. The third-order valence-corrected chi connectivity index (χ3v) is 10.5. The molecule has 3 aromatic rings. The molecule has 2 aromatic carbocycles. The number of phenols is 1. The van der Waals surface area contributed by atoms with Crippen molar-refractivity contribution in [3.63, 3.8) is 0 Å². The van der Waals surface area contributed by atoms with Gasteiger partial charge in [0.2, 0.25) is 5.91 Å². The molecule has 0 bridgehead atoms. The van der Waals surface area contributed by atoms with E-state index >= 15 is 0 Å². The fourth-order valence-electron chi connectivity index (χ4n) is 8.26. The standard InChI is InChI=1S/C36H41FN6O3/c1-4-27-29(37)11-10-24-19-26(44)20-31(33(24)27)41-18-12-28-30(22-41)38-35(46-23-36-13-7-15-42(36)16-8-14-36)39-34(28)40(3)21-25-9-6-17-43(25)32(45)5-2/h1,5,10-11,19-20,25,44H,2,6-9,12-18,21-23H2,3H3/t25-/m0/s1. The molecule has 10 heteroatoms. The summed E-state index contributed by atoms with van der Waals surface area (Å²) in [5.41, 5.74) is 2.74. The number of benzene rings is 2. The number of anilines is 2. The second kappa shape index (κ2) is 12.1. The van der Waals surface area contributed by atoms with Crippen molar-refractivity contribution in [1.82, 2.24) is 19.8 Å². The van der Waals surface area contributed by atoms with E-state index in [1.165, 1.54) is 25.0 Å². The number of hydrogen-bond acceptors (Lipinski definition) is 8. The van der Waals surface area contributed by atoms with Crippen LogP contribution in [0.1, 0.15) is 55.3 Å². The Balaban J connectivity index is 1.24. The summed E-state index contributed by atoms with van der Waals surface area (Å²) < 4.78 is 21.4. The Bertz CT molecular complexity index is 1730. The number of nitrogens with zero attached hydrogens (tertiary/aromatic N) is 6. The molecule has 240 valence electrons. The van der Waals surface area contributed by atoms with Gasteiger partial charge in [-0.1, -0.05) is 18.6 Å². The number of carbonyl (C=O) groups excluding carboxylic acids is 1. The monoisotopic (exact) mass is 624 g/mol. The zero-order valence-corrected chi connectivity index (χ0v) is 26.5. The summed E-state index contributed by atoms with van der Waals surface area (Å²) in [5, 5.41) is 11.9. The molecule has 7 rings (SSSR count). The summed E-state index contributed by atoms with van der Waals surface area (Å²) in [6.45, 7) is 8.83. The molecule has 0 saturated carbocycles. The Hall–Kier alpha value is -4.36. The predicted octanol–water partition coefficient (Wildman–Crippen LogP) is 4.64. The Labute approximate surface area is 269 Å². The first-order valence-electron chi connectivity index (χ1n) is 16.4. The van der Waals surface area contributed by atoms with Gasteiger partial charge in [0.25, 0.3) is 0 Å². The minimum absolute atomic E-state index is 0.0432. The molecule has 0 radical (unpaired) electrons. The highest BCUT2D eigenvalue weighted by atomic mass is 19.1. The molecule has 9 nitrogen and oxygen atoms in total. The van der Waals surface area contributed by atoms with Crippen LogP contribution >= 0.6 is 0 Å². The zero-order valence-electron chi connectivity index (χ0n) is 26.5. The number of fused-ring (bicyclic) bond motifs is 3. The molecule has 3 fully saturated rings. The van der Waals surface area contributed by atoms with Gasteiger partial charge in [0.1, 0.15) is 24.0 Å². The minimum atomic E-state index is -0.468. The zero-order chi connectivity index (χ0) is 32.0. The molecule has 4 aliphatic rings. The summed E-state index contributed by atoms with van der Waals surface area (Å²) in [6, 6.07) is 6.65. The van der Waals surface area contributed by atoms with Crippen LogP contribution in [0, 0.1) is 18.2 Å². The van der Waals surface area contributed by atoms with E-state index in [4.69, 9.17) is 21.1 Å². The van der Waals surface area contributed by atoms with Gasteiger partial charge in [0.05, 0.1) is 23.3 Å². The van der Waals surface area contributed by atoms with Crippen molar-refractivity contribution in [2.45, 2.75) is 63.1 Å². The molecule has 3 saturated heterocycles. The first kappa shape index (κ1) is 30.3. The van der Waals surface area contributed by atoms with E-state index < -0.39 is 5.82 Å². The molecule has 1 amide bonds. The van der Waals surface area contributed by atoms with Crippen LogP contribution in [0.2, 0.25) is 0 Å². The summed E-state index contributed by atoms with van der Waals surface area (Å²) in [6.07, 6.45) is 14.3. The van der Waals surface area contributed by atoms with Crippen LogP contribution in [-0.2, 0) is 17.8 Å². The fraction of sp³-hybridized carbons (Fsp3) is 0.472. The molecule has 0 unspecified atom stereocenters.